The number of hydrogen-bond acceptors (Lipinski definition) is 4. The third-order valence-electron chi connectivity index (χ3n) is 2.85. The van der Waals surface area contributed by atoms with Crippen LogP contribution >= 0.6 is 0 Å². The van der Waals surface area contributed by atoms with Crippen molar-refractivity contribution in [1.82, 2.24) is 10.2 Å². The van der Waals surface area contributed by atoms with E-state index in [1.54, 1.807) is 0 Å². The number of alkyl halides is 3. The Bertz CT molecular complexity index is 558. The van der Waals surface area contributed by atoms with Crippen LogP contribution in [-0.2, 0) is 12.6 Å². The van der Waals surface area contributed by atoms with Crippen molar-refractivity contribution in [2.45, 2.75) is 18.6 Å². The second kappa shape index (κ2) is 6.53. The monoisotopic (exact) mass is 297 g/mol. The van der Waals surface area contributed by atoms with E-state index in [0.29, 0.717) is 6.42 Å². The van der Waals surface area contributed by atoms with Gasteiger partial charge in [-0.15, -0.1) is 10.2 Å². The van der Waals surface area contributed by atoms with Crippen molar-refractivity contribution in [3.63, 3.8) is 0 Å². The quantitative estimate of drug-likeness (QED) is 0.890. The van der Waals surface area contributed by atoms with Crippen molar-refractivity contribution >= 4 is 5.82 Å². The van der Waals surface area contributed by atoms with Crippen LogP contribution in [0.25, 0.3) is 0 Å². The predicted molar refractivity (Wildman–Crippen MR) is 71.7 cm³/mol. The number of aliphatic hydroxyl groups excluding tert-OH is 1. The topological polar surface area (TPSA) is 58.0 Å². The maximum Gasteiger partial charge on any atom is 0.435 e. The molecule has 2 rings (SSSR count). The van der Waals surface area contributed by atoms with Crippen LogP contribution in [0, 0.1) is 0 Å². The minimum Gasteiger partial charge on any atom is -0.394 e. The first-order valence-corrected chi connectivity index (χ1v) is 6.31. The van der Waals surface area contributed by atoms with E-state index in [2.05, 4.69) is 15.5 Å². The van der Waals surface area contributed by atoms with Gasteiger partial charge in [-0.1, -0.05) is 30.3 Å². The van der Waals surface area contributed by atoms with E-state index in [4.69, 9.17) is 0 Å². The van der Waals surface area contributed by atoms with Gasteiger partial charge in [-0.25, -0.2) is 0 Å². The van der Waals surface area contributed by atoms with Gasteiger partial charge in [0, 0.05) is 0 Å². The van der Waals surface area contributed by atoms with Gasteiger partial charge in [0.05, 0.1) is 12.6 Å². The van der Waals surface area contributed by atoms with Crippen molar-refractivity contribution in [1.29, 1.82) is 0 Å². The summed E-state index contributed by atoms with van der Waals surface area (Å²) >= 11 is 0. The van der Waals surface area contributed by atoms with Gasteiger partial charge >= 0.3 is 6.18 Å². The smallest absolute Gasteiger partial charge is 0.394 e. The molecule has 0 bridgehead atoms. The average molecular weight is 297 g/mol. The van der Waals surface area contributed by atoms with Crippen LogP contribution in [0.2, 0.25) is 0 Å². The van der Waals surface area contributed by atoms with Crippen molar-refractivity contribution in [2.75, 3.05) is 11.9 Å². The summed E-state index contributed by atoms with van der Waals surface area (Å²) in [4.78, 5) is 0. The Balaban J connectivity index is 2.02. The Morgan fingerprint density at radius 1 is 1.05 bits per heavy atom. The van der Waals surface area contributed by atoms with E-state index in [1.165, 1.54) is 6.07 Å². The molecular weight excluding hydrogens is 283 g/mol. The summed E-state index contributed by atoms with van der Waals surface area (Å²) in [5.74, 6) is 0.193. The molecule has 0 aliphatic heterocycles. The minimum atomic E-state index is -4.51. The lowest BCUT2D eigenvalue weighted by molar-refractivity contribution is -0.141. The number of rotatable bonds is 5. The summed E-state index contributed by atoms with van der Waals surface area (Å²) in [6, 6.07) is 11.1. The van der Waals surface area contributed by atoms with Gasteiger partial charge < -0.3 is 10.4 Å². The molecule has 0 aliphatic rings. The second-order valence-electron chi connectivity index (χ2n) is 4.52. The number of halogens is 3. The lowest BCUT2D eigenvalue weighted by Crippen LogP contribution is -2.27. The normalized spacial score (nSPS) is 13.0. The third kappa shape index (κ3) is 4.42. The molecule has 1 heterocycles. The van der Waals surface area contributed by atoms with Gasteiger partial charge in [0.15, 0.2) is 5.69 Å². The number of aliphatic hydroxyl groups is 1. The molecule has 0 radical (unpaired) electrons. The molecule has 7 heteroatoms. The molecule has 2 aromatic rings. The lowest BCUT2D eigenvalue weighted by Gasteiger charge is -2.16. The second-order valence-corrected chi connectivity index (χ2v) is 4.52. The summed E-state index contributed by atoms with van der Waals surface area (Å²) < 4.78 is 37.1. The van der Waals surface area contributed by atoms with Gasteiger partial charge in [-0.3, -0.25) is 0 Å². The first-order chi connectivity index (χ1) is 9.99. The first kappa shape index (κ1) is 15.2. The molecule has 0 spiro atoms. The van der Waals surface area contributed by atoms with Crippen LogP contribution < -0.4 is 5.32 Å². The fourth-order valence-corrected chi connectivity index (χ4v) is 1.83. The first-order valence-electron chi connectivity index (χ1n) is 6.31. The van der Waals surface area contributed by atoms with Gasteiger partial charge in [0.25, 0.3) is 0 Å². The number of nitrogens with one attached hydrogen (secondary N) is 1. The fraction of sp³-hybridized carbons (Fsp3) is 0.286. The van der Waals surface area contributed by atoms with E-state index in [0.717, 1.165) is 11.6 Å². The summed E-state index contributed by atoms with van der Waals surface area (Å²) in [6.45, 7) is -0.169. The highest BCUT2D eigenvalue weighted by Crippen LogP contribution is 2.27. The Kier molecular flexibility index (Phi) is 4.74. The van der Waals surface area contributed by atoms with Crippen LogP contribution in [0.3, 0.4) is 0 Å². The highest BCUT2D eigenvalue weighted by molar-refractivity contribution is 5.35. The zero-order valence-corrected chi connectivity index (χ0v) is 11.0. The Morgan fingerprint density at radius 2 is 1.76 bits per heavy atom. The van der Waals surface area contributed by atoms with Gasteiger partial charge in [0.2, 0.25) is 0 Å². The van der Waals surface area contributed by atoms with E-state index >= 15 is 0 Å². The van der Waals surface area contributed by atoms with Crippen molar-refractivity contribution in [2.24, 2.45) is 0 Å². The molecule has 112 valence electrons. The molecule has 1 unspecified atom stereocenters. The number of benzene rings is 1. The molecule has 2 N–H and O–H groups in total. The molecular formula is C14H14F3N3O. The summed E-state index contributed by atoms with van der Waals surface area (Å²) in [6.07, 6.45) is -3.98. The van der Waals surface area contributed by atoms with Gasteiger partial charge in [-0.2, -0.15) is 13.2 Å². The molecule has 0 saturated heterocycles. The standard InChI is InChI=1S/C14H14F3N3O/c15-14(16,17)12-6-7-13(20-19-12)18-11(9-21)8-10-4-2-1-3-5-10/h1-7,11,21H,8-9H2,(H,18,20). The molecule has 1 aromatic carbocycles. The molecule has 1 aromatic heterocycles. The summed E-state index contributed by atoms with van der Waals surface area (Å²) in [5, 5.41) is 18.8. The van der Waals surface area contributed by atoms with Crippen molar-refractivity contribution in [3.05, 3.63) is 53.7 Å². The van der Waals surface area contributed by atoms with E-state index in [1.807, 2.05) is 30.3 Å². The maximum atomic E-state index is 12.4. The summed E-state index contributed by atoms with van der Waals surface area (Å²) in [5.41, 5.74) is -0.0411. The van der Waals surface area contributed by atoms with Crippen molar-refractivity contribution < 1.29 is 18.3 Å². The summed E-state index contributed by atoms with van der Waals surface area (Å²) in [7, 11) is 0. The minimum absolute atomic E-state index is 0.169. The van der Waals surface area contributed by atoms with Crippen LogP contribution in [0.15, 0.2) is 42.5 Å². The molecule has 4 nitrogen and oxygen atoms in total. The lowest BCUT2D eigenvalue weighted by atomic mass is 10.1. The Hall–Kier alpha value is -2.15. The number of anilines is 1. The zero-order chi connectivity index (χ0) is 15.3. The highest BCUT2D eigenvalue weighted by atomic mass is 19.4. The average Bonchev–Trinajstić information content (AvgIpc) is 2.47. The fourth-order valence-electron chi connectivity index (χ4n) is 1.83. The van der Waals surface area contributed by atoms with Gasteiger partial charge in [0.1, 0.15) is 5.82 Å². The largest absolute Gasteiger partial charge is 0.435 e. The van der Waals surface area contributed by atoms with Gasteiger partial charge in [-0.05, 0) is 24.1 Å². The molecule has 0 amide bonds. The maximum absolute atomic E-state index is 12.4. The SMILES string of the molecule is OCC(Cc1ccccc1)Nc1ccc(C(F)(F)F)nn1. The third-order valence-corrected chi connectivity index (χ3v) is 2.85. The number of nitrogens with zero attached hydrogens (tertiary/aromatic N) is 2. The molecule has 1 atom stereocenters. The number of hydrogen-bond donors (Lipinski definition) is 2. The molecule has 21 heavy (non-hydrogen) atoms. The zero-order valence-electron chi connectivity index (χ0n) is 11.0. The van der Waals surface area contributed by atoms with Crippen molar-refractivity contribution in [3.8, 4) is 0 Å². The Labute approximate surface area is 119 Å². The predicted octanol–water partition coefficient (Wildman–Crippen LogP) is 2.51. The molecule has 0 fully saturated rings. The molecule has 0 aliphatic carbocycles. The van der Waals surface area contributed by atoms with E-state index < -0.39 is 11.9 Å². The Morgan fingerprint density at radius 3 is 2.29 bits per heavy atom. The number of aromatic nitrogens is 2. The molecule has 0 saturated carbocycles. The highest BCUT2D eigenvalue weighted by Gasteiger charge is 2.32. The van der Waals surface area contributed by atoms with Crippen LogP contribution in [0.5, 0.6) is 0 Å². The van der Waals surface area contributed by atoms with Crippen LogP contribution in [-0.4, -0.2) is 28.0 Å². The van der Waals surface area contributed by atoms with E-state index in [9.17, 15) is 18.3 Å². The van der Waals surface area contributed by atoms with Crippen LogP contribution in [0.1, 0.15) is 11.3 Å². The van der Waals surface area contributed by atoms with Crippen LogP contribution in [0.4, 0.5) is 19.0 Å². The van der Waals surface area contributed by atoms with E-state index in [-0.39, 0.29) is 18.5 Å².